The lowest BCUT2D eigenvalue weighted by Crippen LogP contribution is -1.94. The third-order valence-corrected chi connectivity index (χ3v) is 2.44. The Balaban J connectivity index is 2.53. The van der Waals surface area contributed by atoms with Crippen LogP contribution >= 0.6 is 0 Å². The van der Waals surface area contributed by atoms with Gasteiger partial charge in [0, 0.05) is 13.2 Å². The Morgan fingerprint density at radius 1 is 1.38 bits per heavy atom. The van der Waals surface area contributed by atoms with Crippen molar-refractivity contribution in [3.05, 3.63) is 36.2 Å². The van der Waals surface area contributed by atoms with E-state index in [2.05, 4.69) is 4.98 Å². The Kier molecular flexibility index (Phi) is 2.92. The van der Waals surface area contributed by atoms with Crippen molar-refractivity contribution in [2.75, 3.05) is 7.11 Å². The van der Waals surface area contributed by atoms with Crippen molar-refractivity contribution >= 4 is 0 Å². The standard InChI is InChI=1S/C12H14N2O2/c1-14-7-9(8-15)13-12(14)10-5-3-4-6-11(10)16-2/h3-7,15H,8H2,1-2H3. The molecule has 0 saturated heterocycles. The smallest absolute Gasteiger partial charge is 0.143 e. The van der Waals surface area contributed by atoms with E-state index in [1.165, 1.54) is 0 Å². The summed E-state index contributed by atoms with van der Waals surface area (Å²) >= 11 is 0. The summed E-state index contributed by atoms with van der Waals surface area (Å²) in [6.07, 6.45) is 1.81. The van der Waals surface area contributed by atoms with E-state index in [9.17, 15) is 0 Å². The van der Waals surface area contributed by atoms with Gasteiger partial charge in [0.25, 0.3) is 0 Å². The molecule has 0 atom stereocenters. The van der Waals surface area contributed by atoms with Crippen LogP contribution in [0.1, 0.15) is 5.69 Å². The maximum atomic E-state index is 9.04. The molecule has 0 aliphatic carbocycles. The number of imidazole rings is 1. The Labute approximate surface area is 94.1 Å². The highest BCUT2D eigenvalue weighted by Crippen LogP contribution is 2.28. The van der Waals surface area contributed by atoms with Crippen LogP contribution in [0, 0.1) is 0 Å². The second-order valence-corrected chi connectivity index (χ2v) is 3.53. The van der Waals surface area contributed by atoms with E-state index in [0.29, 0.717) is 5.69 Å². The molecule has 4 heteroatoms. The molecule has 4 nitrogen and oxygen atoms in total. The van der Waals surface area contributed by atoms with Gasteiger partial charge in [0.15, 0.2) is 0 Å². The van der Waals surface area contributed by atoms with Crippen LogP contribution in [0.3, 0.4) is 0 Å². The summed E-state index contributed by atoms with van der Waals surface area (Å²) in [5.74, 6) is 1.57. The largest absolute Gasteiger partial charge is 0.496 e. The summed E-state index contributed by atoms with van der Waals surface area (Å²) in [5, 5.41) is 9.04. The van der Waals surface area contributed by atoms with Gasteiger partial charge in [-0.25, -0.2) is 4.98 Å². The lowest BCUT2D eigenvalue weighted by molar-refractivity contribution is 0.277. The van der Waals surface area contributed by atoms with Crippen LogP contribution < -0.4 is 4.74 Å². The molecule has 1 aromatic carbocycles. The number of rotatable bonds is 3. The highest BCUT2D eigenvalue weighted by molar-refractivity contribution is 5.64. The quantitative estimate of drug-likeness (QED) is 0.851. The van der Waals surface area contributed by atoms with Gasteiger partial charge >= 0.3 is 0 Å². The minimum Gasteiger partial charge on any atom is -0.496 e. The van der Waals surface area contributed by atoms with Crippen molar-refractivity contribution in [3.63, 3.8) is 0 Å². The Morgan fingerprint density at radius 2 is 2.12 bits per heavy atom. The topological polar surface area (TPSA) is 47.3 Å². The van der Waals surface area contributed by atoms with Crippen LogP contribution in [0.4, 0.5) is 0 Å². The molecular formula is C12H14N2O2. The molecule has 2 rings (SSSR count). The zero-order valence-electron chi connectivity index (χ0n) is 9.34. The maximum absolute atomic E-state index is 9.04. The van der Waals surface area contributed by atoms with Gasteiger partial charge < -0.3 is 14.4 Å². The summed E-state index contributed by atoms with van der Waals surface area (Å²) in [4.78, 5) is 4.34. The molecule has 84 valence electrons. The maximum Gasteiger partial charge on any atom is 0.143 e. The number of ether oxygens (including phenoxy) is 1. The van der Waals surface area contributed by atoms with Crippen molar-refractivity contribution in [1.82, 2.24) is 9.55 Å². The molecule has 0 saturated carbocycles. The summed E-state index contributed by atoms with van der Waals surface area (Å²) in [6.45, 7) is -0.0526. The van der Waals surface area contributed by atoms with Gasteiger partial charge in [-0.15, -0.1) is 0 Å². The summed E-state index contributed by atoms with van der Waals surface area (Å²) in [7, 11) is 3.53. The predicted octanol–water partition coefficient (Wildman–Crippen LogP) is 1.59. The highest BCUT2D eigenvalue weighted by atomic mass is 16.5. The third-order valence-electron chi connectivity index (χ3n) is 2.44. The lowest BCUT2D eigenvalue weighted by atomic mass is 10.2. The van der Waals surface area contributed by atoms with Crippen LogP contribution in [0.5, 0.6) is 5.75 Å². The summed E-state index contributed by atoms with van der Waals surface area (Å²) in [5.41, 5.74) is 1.58. The van der Waals surface area contributed by atoms with Crippen LogP contribution in [0.25, 0.3) is 11.4 Å². The first-order chi connectivity index (χ1) is 7.76. The van der Waals surface area contributed by atoms with Crippen molar-refractivity contribution in [1.29, 1.82) is 0 Å². The van der Waals surface area contributed by atoms with E-state index in [1.807, 2.05) is 42.1 Å². The Hall–Kier alpha value is -1.81. The number of aromatic nitrogens is 2. The second kappa shape index (κ2) is 4.37. The molecule has 0 unspecified atom stereocenters. The van der Waals surface area contributed by atoms with Crippen molar-refractivity contribution < 1.29 is 9.84 Å². The fourth-order valence-corrected chi connectivity index (χ4v) is 1.68. The van der Waals surface area contributed by atoms with Crippen molar-refractivity contribution in [3.8, 4) is 17.1 Å². The first kappa shape index (κ1) is 10.7. The Morgan fingerprint density at radius 3 is 2.75 bits per heavy atom. The number of benzene rings is 1. The molecule has 0 bridgehead atoms. The minimum absolute atomic E-state index is 0.0526. The molecule has 0 radical (unpaired) electrons. The lowest BCUT2D eigenvalue weighted by Gasteiger charge is -2.07. The Bertz CT molecular complexity index is 492. The van der Waals surface area contributed by atoms with E-state index < -0.39 is 0 Å². The molecule has 1 aromatic heterocycles. The molecule has 16 heavy (non-hydrogen) atoms. The van der Waals surface area contributed by atoms with E-state index in [4.69, 9.17) is 9.84 Å². The van der Waals surface area contributed by atoms with Gasteiger partial charge in [-0.3, -0.25) is 0 Å². The van der Waals surface area contributed by atoms with Crippen LogP contribution in [0.15, 0.2) is 30.5 Å². The van der Waals surface area contributed by atoms with Crippen molar-refractivity contribution in [2.24, 2.45) is 7.05 Å². The SMILES string of the molecule is COc1ccccc1-c1nc(CO)cn1C. The molecule has 0 amide bonds. The molecule has 1 N–H and O–H groups in total. The van der Waals surface area contributed by atoms with E-state index in [1.54, 1.807) is 7.11 Å². The number of nitrogens with zero attached hydrogens (tertiary/aromatic N) is 2. The van der Waals surface area contributed by atoms with Gasteiger partial charge in [0.2, 0.25) is 0 Å². The molecule has 0 aliphatic heterocycles. The van der Waals surface area contributed by atoms with Gasteiger partial charge in [-0.2, -0.15) is 0 Å². The number of aliphatic hydroxyl groups excluding tert-OH is 1. The van der Waals surface area contributed by atoms with Gasteiger partial charge in [0.05, 0.1) is 25.0 Å². The van der Waals surface area contributed by atoms with Crippen LogP contribution in [-0.4, -0.2) is 21.8 Å². The molecule has 2 aromatic rings. The van der Waals surface area contributed by atoms with Crippen LogP contribution in [0.2, 0.25) is 0 Å². The highest BCUT2D eigenvalue weighted by Gasteiger charge is 2.11. The number of aliphatic hydroxyl groups is 1. The second-order valence-electron chi connectivity index (χ2n) is 3.53. The minimum atomic E-state index is -0.0526. The third kappa shape index (κ3) is 1.79. The fraction of sp³-hybridized carbons (Fsp3) is 0.250. The van der Waals surface area contributed by atoms with E-state index in [-0.39, 0.29) is 6.61 Å². The summed E-state index contributed by atoms with van der Waals surface area (Å²) < 4.78 is 7.16. The fourth-order valence-electron chi connectivity index (χ4n) is 1.68. The van der Waals surface area contributed by atoms with Gasteiger partial charge in [0.1, 0.15) is 11.6 Å². The van der Waals surface area contributed by atoms with E-state index >= 15 is 0 Å². The first-order valence-electron chi connectivity index (χ1n) is 5.02. The van der Waals surface area contributed by atoms with Crippen LogP contribution in [-0.2, 0) is 13.7 Å². The molecule has 0 fully saturated rings. The molecule has 1 heterocycles. The van der Waals surface area contributed by atoms with Crippen molar-refractivity contribution in [2.45, 2.75) is 6.61 Å². The van der Waals surface area contributed by atoms with Gasteiger partial charge in [-0.1, -0.05) is 12.1 Å². The zero-order chi connectivity index (χ0) is 11.5. The number of para-hydroxylation sites is 1. The summed E-state index contributed by atoms with van der Waals surface area (Å²) in [6, 6.07) is 7.69. The normalized spacial score (nSPS) is 10.4. The molecule has 0 aliphatic rings. The van der Waals surface area contributed by atoms with Gasteiger partial charge in [-0.05, 0) is 12.1 Å². The number of hydrogen-bond donors (Lipinski definition) is 1. The average molecular weight is 218 g/mol. The zero-order valence-corrected chi connectivity index (χ0v) is 9.34. The van der Waals surface area contributed by atoms with E-state index in [0.717, 1.165) is 17.1 Å². The molecular weight excluding hydrogens is 204 g/mol. The molecule has 0 spiro atoms. The average Bonchev–Trinajstić information content (AvgIpc) is 2.70. The monoisotopic (exact) mass is 218 g/mol. The number of hydrogen-bond acceptors (Lipinski definition) is 3. The first-order valence-corrected chi connectivity index (χ1v) is 5.02. The number of aryl methyl sites for hydroxylation is 1. The predicted molar refractivity (Wildman–Crippen MR) is 61.1 cm³/mol. The number of methoxy groups -OCH3 is 1.